The van der Waals surface area contributed by atoms with E-state index in [0.717, 1.165) is 12.0 Å². The fraction of sp³-hybridized carbons (Fsp3) is 0.235. The third-order valence-corrected chi connectivity index (χ3v) is 3.36. The molecule has 2 heteroatoms. The lowest BCUT2D eigenvalue weighted by Crippen LogP contribution is -1.96. The van der Waals surface area contributed by atoms with Crippen LogP contribution < -0.4 is 0 Å². The number of benzene rings is 2. The molecule has 0 spiro atoms. The van der Waals surface area contributed by atoms with Gasteiger partial charge in [0, 0.05) is 5.56 Å². The molecular formula is C17H18O2. The molecule has 0 amide bonds. The summed E-state index contributed by atoms with van der Waals surface area (Å²) >= 11 is 0. The van der Waals surface area contributed by atoms with Gasteiger partial charge in [0.25, 0.3) is 0 Å². The van der Waals surface area contributed by atoms with Crippen LogP contribution in [-0.4, -0.2) is 10.9 Å². The van der Waals surface area contributed by atoms with Crippen molar-refractivity contribution in [3.63, 3.8) is 0 Å². The number of aromatic hydroxyl groups is 1. The Hall–Kier alpha value is -2.09. The van der Waals surface area contributed by atoms with Crippen LogP contribution in [0.5, 0.6) is 5.75 Å². The van der Waals surface area contributed by atoms with E-state index in [2.05, 4.69) is 32.0 Å². The summed E-state index contributed by atoms with van der Waals surface area (Å²) in [5.74, 6) is 0.115. The van der Waals surface area contributed by atoms with E-state index in [-0.39, 0.29) is 11.5 Å². The second kappa shape index (κ2) is 5.27. The molecule has 1 N–H and O–H groups in total. The molecule has 0 aliphatic rings. The van der Waals surface area contributed by atoms with Crippen molar-refractivity contribution in [1.29, 1.82) is 0 Å². The minimum Gasteiger partial charge on any atom is -0.508 e. The van der Waals surface area contributed by atoms with Gasteiger partial charge in [0.15, 0.2) is 5.78 Å². The Bertz CT molecular complexity index is 627. The zero-order valence-corrected chi connectivity index (χ0v) is 11.5. The smallest absolute Gasteiger partial charge is 0.159 e. The molecule has 0 fully saturated rings. The van der Waals surface area contributed by atoms with Gasteiger partial charge in [-0.05, 0) is 67.6 Å². The summed E-state index contributed by atoms with van der Waals surface area (Å²) in [6.45, 7) is 5.68. The third-order valence-electron chi connectivity index (χ3n) is 3.36. The van der Waals surface area contributed by atoms with Gasteiger partial charge in [-0.15, -0.1) is 0 Å². The molecule has 0 saturated heterocycles. The number of Topliss-reactive ketones (excluding diaryl/α,β-unsaturated/α-hetero) is 1. The highest BCUT2D eigenvalue weighted by Gasteiger charge is 2.05. The number of hydrogen-bond acceptors (Lipinski definition) is 2. The van der Waals surface area contributed by atoms with E-state index in [9.17, 15) is 9.90 Å². The quantitative estimate of drug-likeness (QED) is 0.846. The highest BCUT2D eigenvalue weighted by Crippen LogP contribution is 2.20. The summed E-state index contributed by atoms with van der Waals surface area (Å²) in [7, 11) is 0. The molecule has 2 nitrogen and oxygen atoms in total. The molecule has 0 saturated carbocycles. The number of hydrogen-bond donors (Lipinski definition) is 1. The predicted molar refractivity (Wildman–Crippen MR) is 76.8 cm³/mol. The topological polar surface area (TPSA) is 37.3 Å². The van der Waals surface area contributed by atoms with Crippen LogP contribution in [0.3, 0.4) is 0 Å². The van der Waals surface area contributed by atoms with Gasteiger partial charge in [-0.2, -0.15) is 0 Å². The lowest BCUT2D eigenvalue weighted by atomic mass is 9.98. The van der Waals surface area contributed by atoms with Crippen LogP contribution in [-0.2, 0) is 6.42 Å². The van der Waals surface area contributed by atoms with Crippen LogP contribution >= 0.6 is 0 Å². The molecule has 2 aromatic carbocycles. The Morgan fingerprint density at radius 2 is 1.74 bits per heavy atom. The highest BCUT2D eigenvalue weighted by molar-refractivity contribution is 5.94. The Kier molecular flexibility index (Phi) is 3.70. The van der Waals surface area contributed by atoms with Crippen LogP contribution in [0.4, 0.5) is 0 Å². The van der Waals surface area contributed by atoms with Crippen molar-refractivity contribution >= 4 is 5.78 Å². The zero-order valence-electron chi connectivity index (χ0n) is 11.5. The van der Waals surface area contributed by atoms with Gasteiger partial charge < -0.3 is 5.11 Å². The predicted octanol–water partition coefficient (Wildman–Crippen LogP) is 3.80. The minimum absolute atomic E-state index is 0.0303. The third kappa shape index (κ3) is 3.22. The Labute approximate surface area is 113 Å². The first-order valence-electron chi connectivity index (χ1n) is 6.35. The number of aryl methyl sites for hydroxylation is 2. The van der Waals surface area contributed by atoms with Crippen molar-refractivity contribution in [1.82, 2.24) is 0 Å². The summed E-state index contributed by atoms with van der Waals surface area (Å²) in [4.78, 5) is 11.4. The number of rotatable bonds is 3. The molecule has 0 heterocycles. The normalized spacial score (nSPS) is 10.5. The van der Waals surface area contributed by atoms with Crippen LogP contribution in [0.2, 0.25) is 0 Å². The van der Waals surface area contributed by atoms with E-state index in [4.69, 9.17) is 0 Å². The van der Waals surface area contributed by atoms with Gasteiger partial charge in [0.2, 0.25) is 0 Å². The van der Waals surface area contributed by atoms with Crippen molar-refractivity contribution < 1.29 is 9.90 Å². The molecule has 19 heavy (non-hydrogen) atoms. The summed E-state index contributed by atoms with van der Waals surface area (Å²) in [5.41, 5.74) is 5.21. The molecular weight excluding hydrogens is 236 g/mol. The molecule has 98 valence electrons. The minimum atomic E-state index is -0.0303. The molecule has 0 radical (unpaired) electrons. The molecule has 2 aromatic rings. The number of carbonyl (C=O) groups excluding carboxylic acids is 1. The van der Waals surface area contributed by atoms with Crippen molar-refractivity contribution in [2.75, 3.05) is 0 Å². The SMILES string of the molecule is CC(=O)c1cc(O)cc(Cc2ccc(C)c(C)c2)c1. The molecule has 0 unspecified atom stereocenters. The molecule has 2 rings (SSSR count). The standard InChI is InChI=1S/C17H18O2/c1-11-4-5-14(6-12(11)2)7-15-8-16(13(3)18)10-17(19)9-15/h4-6,8-10,19H,7H2,1-3H3. The van der Waals surface area contributed by atoms with E-state index in [1.54, 1.807) is 6.07 Å². The highest BCUT2D eigenvalue weighted by atomic mass is 16.3. The molecule has 0 bridgehead atoms. The Balaban J connectivity index is 2.32. The van der Waals surface area contributed by atoms with E-state index in [0.29, 0.717) is 5.56 Å². The molecule has 0 atom stereocenters. The zero-order chi connectivity index (χ0) is 14.0. The Morgan fingerprint density at radius 1 is 1.00 bits per heavy atom. The lowest BCUT2D eigenvalue weighted by molar-refractivity contribution is 0.101. The Morgan fingerprint density at radius 3 is 2.37 bits per heavy atom. The summed E-state index contributed by atoms with van der Waals surface area (Å²) < 4.78 is 0. The average Bonchev–Trinajstić information content (AvgIpc) is 2.33. The van der Waals surface area contributed by atoms with Crippen molar-refractivity contribution in [2.24, 2.45) is 0 Å². The van der Waals surface area contributed by atoms with Gasteiger partial charge in [0.05, 0.1) is 0 Å². The van der Waals surface area contributed by atoms with Gasteiger partial charge >= 0.3 is 0 Å². The van der Waals surface area contributed by atoms with Crippen molar-refractivity contribution in [3.05, 3.63) is 64.2 Å². The van der Waals surface area contributed by atoms with Crippen molar-refractivity contribution in [3.8, 4) is 5.75 Å². The molecule has 0 aromatic heterocycles. The summed E-state index contributed by atoms with van der Waals surface area (Å²) in [6.07, 6.45) is 0.718. The monoisotopic (exact) mass is 254 g/mol. The van der Waals surface area contributed by atoms with Gasteiger partial charge in [0.1, 0.15) is 5.75 Å². The van der Waals surface area contributed by atoms with Gasteiger partial charge in [-0.25, -0.2) is 0 Å². The maximum Gasteiger partial charge on any atom is 0.159 e. The van der Waals surface area contributed by atoms with Gasteiger partial charge in [-0.1, -0.05) is 18.2 Å². The maximum atomic E-state index is 11.4. The maximum absolute atomic E-state index is 11.4. The lowest BCUT2D eigenvalue weighted by Gasteiger charge is -2.07. The van der Waals surface area contributed by atoms with E-state index in [1.807, 2.05) is 6.07 Å². The largest absolute Gasteiger partial charge is 0.508 e. The number of carbonyl (C=O) groups is 1. The van der Waals surface area contributed by atoms with Crippen LogP contribution in [0, 0.1) is 13.8 Å². The average molecular weight is 254 g/mol. The van der Waals surface area contributed by atoms with Crippen LogP contribution in [0.15, 0.2) is 36.4 Å². The summed E-state index contributed by atoms with van der Waals surface area (Å²) in [6, 6.07) is 11.4. The van der Waals surface area contributed by atoms with E-state index < -0.39 is 0 Å². The molecule has 0 aliphatic heterocycles. The fourth-order valence-corrected chi connectivity index (χ4v) is 2.13. The number of ketones is 1. The summed E-state index contributed by atoms with van der Waals surface area (Å²) in [5, 5.41) is 9.67. The molecule has 0 aliphatic carbocycles. The van der Waals surface area contributed by atoms with Crippen LogP contribution in [0.25, 0.3) is 0 Å². The second-order valence-electron chi connectivity index (χ2n) is 5.04. The second-order valence-corrected chi connectivity index (χ2v) is 5.04. The van der Waals surface area contributed by atoms with Crippen molar-refractivity contribution in [2.45, 2.75) is 27.2 Å². The van der Waals surface area contributed by atoms with Crippen LogP contribution in [0.1, 0.15) is 39.5 Å². The first-order chi connectivity index (χ1) is 8.95. The fourth-order valence-electron chi connectivity index (χ4n) is 2.13. The first-order valence-corrected chi connectivity index (χ1v) is 6.35. The number of phenolic OH excluding ortho intramolecular Hbond substituents is 1. The first kappa shape index (κ1) is 13.3. The number of phenols is 1. The van der Waals surface area contributed by atoms with E-state index >= 15 is 0 Å². The van der Waals surface area contributed by atoms with Gasteiger partial charge in [-0.3, -0.25) is 4.79 Å². The van der Waals surface area contributed by atoms with E-state index in [1.165, 1.54) is 29.7 Å².